The average molecular weight is 281 g/mol. The molecule has 19 heavy (non-hydrogen) atoms. The first-order valence-electron chi connectivity index (χ1n) is 7.41. The highest BCUT2D eigenvalue weighted by Crippen LogP contribution is 2.31. The van der Waals surface area contributed by atoms with Crippen LogP contribution in [0.4, 0.5) is 5.69 Å². The quantitative estimate of drug-likeness (QED) is 0.890. The third-order valence-electron chi connectivity index (χ3n) is 4.26. The van der Waals surface area contributed by atoms with Gasteiger partial charge in [0.2, 0.25) is 0 Å². The van der Waals surface area contributed by atoms with E-state index < -0.39 is 0 Å². The van der Waals surface area contributed by atoms with E-state index in [9.17, 15) is 0 Å². The van der Waals surface area contributed by atoms with Gasteiger partial charge in [0.15, 0.2) is 0 Å². The number of halogens is 1. The van der Waals surface area contributed by atoms with Gasteiger partial charge >= 0.3 is 0 Å². The predicted octanol–water partition coefficient (Wildman–Crippen LogP) is 4.38. The van der Waals surface area contributed by atoms with Gasteiger partial charge in [-0.1, -0.05) is 31.0 Å². The van der Waals surface area contributed by atoms with Crippen molar-refractivity contribution in [1.82, 2.24) is 0 Å². The Morgan fingerprint density at radius 1 is 1.37 bits per heavy atom. The minimum atomic E-state index is 0.0418. The lowest BCUT2D eigenvalue weighted by molar-refractivity contribution is 0.459. The number of nitrogens with zero attached hydrogens (tertiary/aromatic N) is 1. The standard InChI is InChI=1S/C16H25ClN2/c1-3-13-5-4-9-19(10-8-13)16-7-6-14(12(2)18)11-15(16)17/h6-7,11-13H,3-5,8-10,18H2,1-2H3. The van der Waals surface area contributed by atoms with Crippen LogP contribution in [0.15, 0.2) is 18.2 Å². The number of hydrogen-bond acceptors (Lipinski definition) is 2. The summed E-state index contributed by atoms with van der Waals surface area (Å²) in [6.07, 6.45) is 5.19. The van der Waals surface area contributed by atoms with Gasteiger partial charge in [-0.05, 0) is 49.8 Å². The summed E-state index contributed by atoms with van der Waals surface area (Å²) in [6, 6.07) is 6.30. The van der Waals surface area contributed by atoms with E-state index in [-0.39, 0.29) is 6.04 Å². The second kappa shape index (κ2) is 6.62. The normalized spacial score (nSPS) is 22.1. The SMILES string of the molecule is CCC1CCCN(c2ccc(C(C)N)cc2Cl)CC1. The van der Waals surface area contributed by atoms with Gasteiger partial charge in [0.25, 0.3) is 0 Å². The van der Waals surface area contributed by atoms with Crippen molar-refractivity contribution in [1.29, 1.82) is 0 Å². The van der Waals surface area contributed by atoms with Gasteiger partial charge in [-0.25, -0.2) is 0 Å². The van der Waals surface area contributed by atoms with E-state index in [1.165, 1.54) is 31.4 Å². The van der Waals surface area contributed by atoms with E-state index in [0.29, 0.717) is 0 Å². The molecular weight excluding hydrogens is 256 g/mol. The van der Waals surface area contributed by atoms with Crippen LogP contribution in [0.2, 0.25) is 5.02 Å². The molecule has 1 heterocycles. The van der Waals surface area contributed by atoms with Crippen LogP contribution in [0.25, 0.3) is 0 Å². The fourth-order valence-corrected chi connectivity index (χ4v) is 3.19. The zero-order chi connectivity index (χ0) is 13.8. The second-order valence-corrected chi connectivity index (χ2v) is 6.10. The third-order valence-corrected chi connectivity index (χ3v) is 4.57. The fraction of sp³-hybridized carbons (Fsp3) is 0.625. The Balaban J connectivity index is 2.13. The zero-order valence-corrected chi connectivity index (χ0v) is 12.8. The third kappa shape index (κ3) is 3.64. The molecule has 0 bridgehead atoms. The lowest BCUT2D eigenvalue weighted by atomic mass is 9.98. The van der Waals surface area contributed by atoms with E-state index in [1.807, 2.05) is 13.0 Å². The van der Waals surface area contributed by atoms with Crippen molar-refractivity contribution in [3.63, 3.8) is 0 Å². The zero-order valence-electron chi connectivity index (χ0n) is 12.0. The van der Waals surface area contributed by atoms with Crippen molar-refractivity contribution in [2.24, 2.45) is 11.7 Å². The molecule has 2 atom stereocenters. The maximum Gasteiger partial charge on any atom is 0.0642 e. The number of rotatable bonds is 3. The lowest BCUT2D eigenvalue weighted by Gasteiger charge is -2.24. The van der Waals surface area contributed by atoms with Crippen LogP contribution < -0.4 is 10.6 Å². The molecule has 0 saturated carbocycles. The highest BCUT2D eigenvalue weighted by atomic mass is 35.5. The van der Waals surface area contributed by atoms with Crippen LogP contribution >= 0.6 is 11.6 Å². The Kier molecular flexibility index (Phi) is 5.12. The molecule has 0 amide bonds. The largest absolute Gasteiger partial charge is 0.370 e. The summed E-state index contributed by atoms with van der Waals surface area (Å²) in [5, 5.41) is 0.838. The van der Waals surface area contributed by atoms with Gasteiger partial charge in [-0.15, -0.1) is 0 Å². The highest BCUT2D eigenvalue weighted by molar-refractivity contribution is 6.33. The summed E-state index contributed by atoms with van der Waals surface area (Å²) in [4.78, 5) is 2.43. The Morgan fingerprint density at radius 2 is 2.16 bits per heavy atom. The summed E-state index contributed by atoms with van der Waals surface area (Å²) in [5.41, 5.74) is 8.18. The van der Waals surface area contributed by atoms with Gasteiger partial charge < -0.3 is 10.6 Å². The van der Waals surface area contributed by atoms with Crippen molar-refractivity contribution >= 4 is 17.3 Å². The minimum absolute atomic E-state index is 0.0418. The Hall–Kier alpha value is -0.730. The monoisotopic (exact) mass is 280 g/mol. The second-order valence-electron chi connectivity index (χ2n) is 5.69. The molecule has 106 valence electrons. The molecule has 3 heteroatoms. The molecule has 1 aromatic rings. The van der Waals surface area contributed by atoms with Crippen molar-refractivity contribution < 1.29 is 0 Å². The Bertz CT molecular complexity index is 417. The average Bonchev–Trinajstić information content (AvgIpc) is 2.63. The molecule has 0 aliphatic carbocycles. The van der Waals surface area contributed by atoms with Crippen LogP contribution in [0.3, 0.4) is 0 Å². The van der Waals surface area contributed by atoms with Crippen LogP contribution in [0.1, 0.15) is 51.1 Å². The molecule has 1 aliphatic heterocycles. The lowest BCUT2D eigenvalue weighted by Crippen LogP contribution is -2.24. The molecule has 1 fully saturated rings. The first-order chi connectivity index (χ1) is 9.11. The predicted molar refractivity (Wildman–Crippen MR) is 83.9 cm³/mol. The molecule has 0 radical (unpaired) electrons. The van der Waals surface area contributed by atoms with Crippen LogP contribution in [-0.4, -0.2) is 13.1 Å². The summed E-state index contributed by atoms with van der Waals surface area (Å²) in [6.45, 7) is 6.53. The summed E-state index contributed by atoms with van der Waals surface area (Å²) < 4.78 is 0. The van der Waals surface area contributed by atoms with E-state index >= 15 is 0 Å². The van der Waals surface area contributed by atoms with Crippen molar-refractivity contribution in [3.8, 4) is 0 Å². The fourth-order valence-electron chi connectivity index (χ4n) is 2.88. The molecule has 0 aromatic heterocycles. The van der Waals surface area contributed by atoms with Gasteiger partial charge in [-0.3, -0.25) is 0 Å². The van der Waals surface area contributed by atoms with Crippen LogP contribution in [-0.2, 0) is 0 Å². The first kappa shape index (κ1) is 14.7. The van der Waals surface area contributed by atoms with Gasteiger partial charge in [0, 0.05) is 19.1 Å². The summed E-state index contributed by atoms with van der Waals surface area (Å²) in [7, 11) is 0. The molecular formula is C16H25ClN2. The summed E-state index contributed by atoms with van der Waals surface area (Å²) >= 11 is 6.43. The van der Waals surface area contributed by atoms with Crippen LogP contribution in [0.5, 0.6) is 0 Å². The molecule has 1 aliphatic rings. The number of anilines is 1. The van der Waals surface area contributed by atoms with E-state index in [4.69, 9.17) is 17.3 Å². The number of nitrogens with two attached hydrogens (primary N) is 1. The van der Waals surface area contributed by atoms with Crippen molar-refractivity contribution in [2.45, 2.75) is 45.6 Å². The Labute approximate surface area is 121 Å². The van der Waals surface area contributed by atoms with E-state index in [2.05, 4.69) is 24.0 Å². The van der Waals surface area contributed by atoms with Gasteiger partial charge in [-0.2, -0.15) is 0 Å². The van der Waals surface area contributed by atoms with Gasteiger partial charge in [0.1, 0.15) is 0 Å². The topological polar surface area (TPSA) is 29.3 Å². The minimum Gasteiger partial charge on any atom is -0.370 e. The summed E-state index contributed by atoms with van der Waals surface area (Å²) in [5.74, 6) is 0.882. The number of benzene rings is 1. The smallest absolute Gasteiger partial charge is 0.0642 e. The molecule has 2 rings (SSSR count). The molecule has 2 N–H and O–H groups in total. The first-order valence-corrected chi connectivity index (χ1v) is 7.79. The maximum absolute atomic E-state index is 6.43. The van der Waals surface area contributed by atoms with Crippen molar-refractivity contribution in [3.05, 3.63) is 28.8 Å². The van der Waals surface area contributed by atoms with E-state index in [0.717, 1.165) is 29.6 Å². The number of hydrogen-bond donors (Lipinski definition) is 1. The maximum atomic E-state index is 6.43. The molecule has 1 saturated heterocycles. The van der Waals surface area contributed by atoms with Crippen molar-refractivity contribution in [2.75, 3.05) is 18.0 Å². The Morgan fingerprint density at radius 3 is 2.79 bits per heavy atom. The molecule has 2 nitrogen and oxygen atoms in total. The van der Waals surface area contributed by atoms with E-state index in [1.54, 1.807) is 0 Å². The molecule has 1 aromatic carbocycles. The van der Waals surface area contributed by atoms with Gasteiger partial charge in [0.05, 0.1) is 10.7 Å². The molecule has 0 spiro atoms. The highest BCUT2D eigenvalue weighted by Gasteiger charge is 2.18. The molecule has 2 unspecified atom stereocenters. The van der Waals surface area contributed by atoms with Crippen LogP contribution in [0, 0.1) is 5.92 Å².